The Morgan fingerprint density at radius 2 is 1.67 bits per heavy atom. The molecular formula is C31H31ClN4O3. The number of nitrogens with one attached hydrogen (secondary N) is 1. The lowest BCUT2D eigenvalue weighted by molar-refractivity contribution is -0.132. The van der Waals surface area contributed by atoms with E-state index < -0.39 is 0 Å². The van der Waals surface area contributed by atoms with E-state index in [0.29, 0.717) is 34.7 Å². The second-order valence-corrected chi connectivity index (χ2v) is 10.3. The molecule has 1 aliphatic heterocycles. The number of rotatable bonds is 9. The summed E-state index contributed by atoms with van der Waals surface area (Å²) in [7, 11) is 0. The zero-order valence-corrected chi connectivity index (χ0v) is 22.4. The Kier molecular flexibility index (Phi) is 8.68. The first-order valence-electron chi connectivity index (χ1n) is 13.3. The molecule has 1 saturated heterocycles. The van der Waals surface area contributed by atoms with Crippen molar-refractivity contribution >= 4 is 17.5 Å². The molecule has 8 heteroatoms. The molecule has 2 heterocycles. The fourth-order valence-electron chi connectivity index (χ4n) is 4.86. The summed E-state index contributed by atoms with van der Waals surface area (Å²) in [5.41, 5.74) is 2.91. The van der Waals surface area contributed by atoms with Crippen LogP contribution in [0, 0.1) is 5.92 Å². The first-order valence-corrected chi connectivity index (χ1v) is 13.7. The maximum Gasteiger partial charge on any atom is 0.273 e. The summed E-state index contributed by atoms with van der Waals surface area (Å²) in [5, 5.41) is 8.98. The molecule has 1 aliphatic rings. The number of amides is 1. The Labute approximate surface area is 232 Å². The lowest BCUT2D eigenvalue weighted by Crippen LogP contribution is -2.39. The van der Waals surface area contributed by atoms with Gasteiger partial charge in [0, 0.05) is 42.1 Å². The molecule has 39 heavy (non-hydrogen) atoms. The molecule has 1 amide bonds. The normalized spacial score (nSPS) is 13.8. The highest BCUT2D eigenvalue weighted by atomic mass is 35.5. The van der Waals surface area contributed by atoms with Crippen LogP contribution in [0.15, 0.2) is 83.7 Å². The molecule has 1 aromatic heterocycles. The van der Waals surface area contributed by atoms with Gasteiger partial charge in [0.2, 0.25) is 5.91 Å². The van der Waals surface area contributed by atoms with E-state index in [0.717, 1.165) is 37.9 Å². The van der Waals surface area contributed by atoms with Crippen LogP contribution >= 0.6 is 11.6 Å². The van der Waals surface area contributed by atoms with Crippen molar-refractivity contribution in [1.29, 1.82) is 0 Å². The van der Waals surface area contributed by atoms with Crippen molar-refractivity contribution in [3.63, 3.8) is 0 Å². The van der Waals surface area contributed by atoms with E-state index in [1.165, 1.54) is 5.56 Å². The molecule has 0 spiro atoms. The number of carbonyl (C=O) groups excluding carboxylic acids is 1. The van der Waals surface area contributed by atoms with Gasteiger partial charge in [-0.05, 0) is 61.1 Å². The Balaban J connectivity index is 1.10. The Morgan fingerprint density at radius 3 is 2.38 bits per heavy atom. The minimum Gasteiger partial charge on any atom is -0.489 e. The van der Waals surface area contributed by atoms with E-state index >= 15 is 0 Å². The van der Waals surface area contributed by atoms with E-state index in [-0.39, 0.29) is 30.0 Å². The van der Waals surface area contributed by atoms with Gasteiger partial charge in [0.25, 0.3) is 5.56 Å². The van der Waals surface area contributed by atoms with Gasteiger partial charge in [-0.2, -0.15) is 0 Å². The van der Waals surface area contributed by atoms with Crippen LogP contribution in [-0.4, -0.2) is 39.1 Å². The molecule has 7 nitrogen and oxygen atoms in total. The number of likely N-dealkylation sites (tertiary alicyclic amines) is 1. The topological polar surface area (TPSA) is 88.2 Å². The van der Waals surface area contributed by atoms with Crippen LogP contribution in [0.5, 0.6) is 5.75 Å². The summed E-state index contributed by atoms with van der Waals surface area (Å²) >= 11 is 6.18. The molecule has 1 fully saturated rings. The lowest BCUT2D eigenvalue weighted by Gasteiger charge is -2.32. The van der Waals surface area contributed by atoms with Gasteiger partial charge in [0.05, 0.1) is 0 Å². The molecule has 1 N–H and O–H groups in total. The maximum atomic E-state index is 12.8. The Bertz CT molecular complexity index is 1450. The number of halogens is 1. The van der Waals surface area contributed by atoms with E-state index in [1.54, 1.807) is 0 Å². The first-order chi connectivity index (χ1) is 19.0. The summed E-state index contributed by atoms with van der Waals surface area (Å²) in [5.74, 6) is 1.70. The average Bonchev–Trinajstić information content (AvgIpc) is 2.97. The Morgan fingerprint density at radius 1 is 0.949 bits per heavy atom. The van der Waals surface area contributed by atoms with Crippen LogP contribution in [0.1, 0.15) is 36.1 Å². The highest BCUT2D eigenvalue weighted by molar-refractivity contribution is 6.31. The third-order valence-corrected chi connectivity index (χ3v) is 7.52. The van der Waals surface area contributed by atoms with Crippen LogP contribution < -0.4 is 10.3 Å². The third-order valence-electron chi connectivity index (χ3n) is 7.15. The summed E-state index contributed by atoms with van der Waals surface area (Å²) in [4.78, 5) is 30.1. The minimum absolute atomic E-state index is 0.0609. The van der Waals surface area contributed by atoms with Crippen LogP contribution in [0.2, 0.25) is 5.02 Å². The molecular weight excluding hydrogens is 512 g/mol. The fraction of sp³-hybridized carbons (Fsp3) is 0.290. The van der Waals surface area contributed by atoms with Crippen molar-refractivity contribution < 1.29 is 9.53 Å². The van der Waals surface area contributed by atoms with Crippen molar-refractivity contribution in [2.24, 2.45) is 5.92 Å². The highest BCUT2D eigenvalue weighted by Crippen LogP contribution is 2.23. The van der Waals surface area contributed by atoms with E-state index in [2.05, 4.69) is 39.4 Å². The van der Waals surface area contributed by atoms with Crippen molar-refractivity contribution in [3.8, 4) is 17.1 Å². The number of aromatic amines is 1. The van der Waals surface area contributed by atoms with Gasteiger partial charge in [-0.1, -0.05) is 60.1 Å². The summed E-state index contributed by atoms with van der Waals surface area (Å²) in [6.45, 7) is 1.87. The summed E-state index contributed by atoms with van der Waals surface area (Å²) < 4.78 is 5.82. The molecule has 0 unspecified atom stereocenters. The fourth-order valence-corrected chi connectivity index (χ4v) is 5.05. The average molecular weight is 543 g/mol. The molecule has 4 aromatic rings. The van der Waals surface area contributed by atoms with Gasteiger partial charge >= 0.3 is 0 Å². The van der Waals surface area contributed by atoms with Crippen molar-refractivity contribution in [1.82, 2.24) is 20.1 Å². The molecule has 0 radical (unpaired) electrons. The van der Waals surface area contributed by atoms with Crippen LogP contribution in [0.25, 0.3) is 11.4 Å². The number of hydrogen-bond donors (Lipinski definition) is 1. The molecule has 0 aliphatic carbocycles. The van der Waals surface area contributed by atoms with Crippen molar-refractivity contribution in [2.75, 3.05) is 13.1 Å². The van der Waals surface area contributed by atoms with Gasteiger partial charge in [-0.15, -0.1) is 10.2 Å². The Hall–Kier alpha value is -3.97. The molecule has 3 aromatic carbocycles. The van der Waals surface area contributed by atoms with Crippen LogP contribution in [0.3, 0.4) is 0 Å². The molecule has 200 valence electrons. The number of nitrogens with zero attached hydrogens (tertiary/aromatic N) is 3. The quantitative estimate of drug-likeness (QED) is 0.302. The number of carbonyl (C=O) groups is 1. The van der Waals surface area contributed by atoms with Gasteiger partial charge in [-0.25, -0.2) is 0 Å². The standard InChI is InChI=1S/C31H31ClN4O3/c32-27-9-5-4-8-25(27)21-39-26-12-10-24(11-13-26)30-33-31(38)28(34-35-30)14-15-29(37)36-18-16-23(17-19-36)20-22-6-2-1-3-7-22/h1-13,23H,14-21H2,(H,33,35,38). The zero-order valence-electron chi connectivity index (χ0n) is 21.7. The largest absolute Gasteiger partial charge is 0.489 e. The van der Waals surface area contributed by atoms with E-state index in [4.69, 9.17) is 16.3 Å². The second kappa shape index (κ2) is 12.7. The first kappa shape index (κ1) is 26.6. The van der Waals surface area contributed by atoms with Crippen LogP contribution in [0.4, 0.5) is 0 Å². The van der Waals surface area contributed by atoms with Crippen molar-refractivity contribution in [3.05, 3.63) is 111 Å². The molecule has 0 saturated carbocycles. The predicted octanol–water partition coefficient (Wildman–Crippen LogP) is 5.48. The molecule has 5 rings (SSSR count). The number of H-pyrrole nitrogens is 1. The van der Waals surface area contributed by atoms with Crippen molar-refractivity contribution in [2.45, 2.75) is 38.7 Å². The number of hydrogen-bond acceptors (Lipinski definition) is 5. The zero-order chi connectivity index (χ0) is 27.0. The highest BCUT2D eigenvalue weighted by Gasteiger charge is 2.23. The van der Waals surface area contributed by atoms with E-state index in [1.807, 2.05) is 59.5 Å². The SMILES string of the molecule is O=C(CCc1nnc(-c2ccc(OCc3ccccc3Cl)cc2)[nH]c1=O)N1CCC(Cc2ccccc2)CC1. The number of aromatic nitrogens is 3. The minimum atomic E-state index is -0.326. The smallest absolute Gasteiger partial charge is 0.273 e. The molecule has 0 atom stereocenters. The third kappa shape index (κ3) is 7.12. The lowest BCUT2D eigenvalue weighted by atomic mass is 9.90. The van der Waals surface area contributed by atoms with Gasteiger partial charge in [-0.3, -0.25) is 9.59 Å². The van der Waals surface area contributed by atoms with Crippen LogP contribution in [-0.2, 0) is 24.2 Å². The summed E-state index contributed by atoms with van der Waals surface area (Å²) in [6, 6.07) is 25.3. The number of ether oxygens (including phenoxy) is 1. The second-order valence-electron chi connectivity index (χ2n) is 9.87. The predicted molar refractivity (Wildman–Crippen MR) is 152 cm³/mol. The number of aryl methyl sites for hydroxylation is 1. The van der Waals surface area contributed by atoms with Gasteiger partial charge in [0.15, 0.2) is 5.82 Å². The van der Waals surface area contributed by atoms with Gasteiger partial charge < -0.3 is 14.6 Å². The van der Waals surface area contributed by atoms with Gasteiger partial charge in [0.1, 0.15) is 18.1 Å². The number of benzene rings is 3. The van der Waals surface area contributed by atoms with E-state index in [9.17, 15) is 9.59 Å². The molecule has 0 bridgehead atoms. The maximum absolute atomic E-state index is 12.8. The number of piperidine rings is 1. The monoisotopic (exact) mass is 542 g/mol. The summed E-state index contributed by atoms with van der Waals surface area (Å²) in [6.07, 6.45) is 3.57.